The minimum atomic E-state index is -4.56. The van der Waals surface area contributed by atoms with E-state index in [-0.39, 0.29) is 6.42 Å². The molecule has 0 aliphatic carbocycles. The number of halogens is 3. The molecule has 0 saturated carbocycles. The normalized spacial score (nSPS) is 15.6. The Morgan fingerprint density at radius 1 is 1.38 bits per heavy atom. The highest BCUT2D eigenvalue weighted by Gasteiger charge is 2.45. The number of hydrogen-bond donors (Lipinski definition) is 1. The molecular formula is C10H18F3NO2. The van der Waals surface area contributed by atoms with Gasteiger partial charge >= 0.3 is 12.1 Å². The lowest BCUT2D eigenvalue weighted by Gasteiger charge is -2.23. The molecule has 0 unspecified atom stereocenters. The second-order valence-corrected chi connectivity index (χ2v) is 3.69. The summed E-state index contributed by atoms with van der Waals surface area (Å²) in [5.41, 5.74) is 5.03. The standard InChI is InChI=1S/C10H18F3NO2/c1-3-4-5-6-7(9(15)16-2)8(14)10(11,12)13/h7-8H,3-6,14H2,1-2H3/t7-,8-/m0/s1. The lowest BCUT2D eigenvalue weighted by atomic mass is 9.93. The Hall–Kier alpha value is -0.780. The van der Waals surface area contributed by atoms with Crippen molar-refractivity contribution in [3.05, 3.63) is 0 Å². The van der Waals surface area contributed by atoms with Gasteiger partial charge in [-0.1, -0.05) is 26.2 Å². The number of rotatable bonds is 6. The molecule has 0 fully saturated rings. The van der Waals surface area contributed by atoms with Crippen LogP contribution in [0.1, 0.15) is 32.6 Å². The van der Waals surface area contributed by atoms with Gasteiger partial charge in [-0.3, -0.25) is 4.79 Å². The van der Waals surface area contributed by atoms with Gasteiger partial charge in [0.15, 0.2) is 0 Å². The molecule has 0 spiro atoms. The molecule has 0 aromatic rings. The van der Waals surface area contributed by atoms with E-state index in [1.807, 2.05) is 6.92 Å². The first kappa shape index (κ1) is 15.2. The lowest BCUT2D eigenvalue weighted by molar-refractivity contribution is -0.175. The van der Waals surface area contributed by atoms with E-state index >= 15 is 0 Å². The zero-order valence-electron chi connectivity index (χ0n) is 9.51. The van der Waals surface area contributed by atoms with Gasteiger partial charge in [0.05, 0.1) is 13.0 Å². The van der Waals surface area contributed by atoms with Gasteiger partial charge in [0, 0.05) is 0 Å². The SMILES string of the molecule is CCCCC[C@H](C(=O)OC)[C@H](N)C(F)(F)F. The molecule has 16 heavy (non-hydrogen) atoms. The summed E-state index contributed by atoms with van der Waals surface area (Å²) in [6.07, 6.45) is -2.26. The van der Waals surface area contributed by atoms with E-state index in [1.54, 1.807) is 0 Å². The maximum atomic E-state index is 12.4. The highest BCUT2D eigenvalue weighted by molar-refractivity contribution is 5.73. The van der Waals surface area contributed by atoms with Crippen LogP contribution in [0.2, 0.25) is 0 Å². The number of carbonyl (C=O) groups is 1. The smallest absolute Gasteiger partial charge is 0.404 e. The van der Waals surface area contributed by atoms with Crippen LogP contribution in [0, 0.1) is 5.92 Å². The molecule has 6 heteroatoms. The fourth-order valence-corrected chi connectivity index (χ4v) is 1.44. The summed E-state index contributed by atoms with van der Waals surface area (Å²) in [7, 11) is 1.07. The van der Waals surface area contributed by atoms with E-state index < -0.39 is 24.1 Å². The third-order valence-corrected chi connectivity index (χ3v) is 2.43. The Balaban J connectivity index is 4.48. The van der Waals surface area contributed by atoms with Crippen molar-refractivity contribution in [2.24, 2.45) is 11.7 Å². The zero-order chi connectivity index (χ0) is 12.8. The number of hydrogen-bond acceptors (Lipinski definition) is 3. The van der Waals surface area contributed by atoms with Crippen LogP contribution in [-0.4, -0.2) is 25.3 Å². The van der Waals surface area contributed by atoms with E-state index in [0.717, 1.165) is 20.0 Å². The predicted octanol–water partition coefficient (Wildman–Crippen LogP) is 2.25. The van der Waals surface area contributed by atoms with E-state index in [9.17, 15) is 18.0 Å². The molecule has 0 heterocycles. The Morgan fingerprint density at radius 2 is 1.94 bits per heavy atom. The molecule has 0 radical (unpaired) electrons. The summed E-state index contributed by atoms with van der Waals surface area (Å²) in [6.45, 7) is 1.93. The molecular weight excluding hydrogens is 223 g/mol. The van der Waals surface area contributed by atoms with Crippen molar-refractivity contribution in [2.45, 2.75) is 44.8 Å². The third-order valence-electron chi connectivity index (χ3n) is 2.43. The Morgan fingerprint density at radius 3 is 2.31 bits per heavy atom. The van der Waals surface area contributed by atoms with Gasteiger partial charge in [-0.2, -0.15) is 13.2 Å². The second kappa shape index (κ2) is 6.73. The van der Waals surface area contributed by atoms with Crippen molar-refractivity contribution in [1.82, 2.24) is 0 Å². The Bertz CT molecular complexity index is 219. The van der Waals surface area contributed by atoms with Crippen LogP contribution in [0.3, 0.4) is 0 Å². The first-order chi connectivity index (χ1) is 7.34. The van der Waals surface area contributed by atoms with Crippen LogP contribution in [0.5, 0.6) is 0 Å². The molecule has 2 N–H and O–H groups in total. The fourth-order valence-electron chi connectivity index (χ4n) is 1.44. The molecule has 96 valence electrons. The lowest BCUT2D eigenvalue weighted by Crippen LogP contribution is -2.47. The van der Waals surface area contributed by atoms with Gasteiger partial charge in [-0.25, -0.2) is 0 Å². The number of alkyl halides is 3. The average Bonchev–Trinajstić information content (AvgIpc) is 2.21. The minimum Gasteiger partial charge on any atom is -0.469 e. The van der Waals surface area contributed by atoms with E-state index in [1.165, 1.54) is 0 Å². The van der Waals surface area contributed by atoms with Crippen LogP contribution in [0.4, 0.5) is 13.2 Å². The summed E-state index contributed by atoms with van der Waals surface area (Å²) in [5.74, 6) is -2.18. The molecule has 3 nitrogen and oxygen atoms in total. The van der Waals surface area contributed by atoms with Crippen molar-refractivity contribution in [3.63, 3.8) is 0 Å². The molecule has 0 amide bonds. The summed E-state index contributed by atoms with van der Waals surface area (Å²) in [6, 6.07) is -2.14. The van der Waals surface area contributed by atoms with E-state index in [0.29, 0.717) is 6.42 Å². The summed E-state index contributed by atoms with van der Waals surface area (Å²) in [5, 5.41) is 0. The summed E-state index contributed by atoms with van der Waals surface area (Å²) < 4.78 is 41.5. The number of carbonyl (C=O) groups excluding carboxylic acids is 1. The number of nitrogens with two attached hydrogens (primary N) is 1. The van der Waals surface area contributed by atoms with Gasteiger partial charge < -0.3 is 10.5 Å². The third kappa shape index (κ3) is 4.83. The molecule has 0 saturated heterocycles. The fraction of sp³-hybridized carbons (Fsp3) is 0.900. The monoisotopic (exact) mass is 241 g/mol. The molecule has 2 atom stereocenters. The van der Waals surface area contributed by atoms with E-state index in [2.05, 4.69) is 4.74 Å². The number of methoxy groups -OCH3 is 1. The molecule has 0 aromatic heterocycles. The molecule has 0 aliphatic rings. The first-order valence-corrected chi connectivity index (χ1v) is 5.24. The first-order valence-electron chi connectivity index (χ1n) is 5.24. The van der Waals surface area contributed by atoms with Crippen LogP contribution in [0.15, 0.2) is 0 Å². The van der Waals surface area contributed by atoms with Crippen LogP contribution >= 0.6 is 0 Å². The Kier molecular flexibility index (Phi) is 6.40. The summed E-state index contributed by atoms with van der Waals surface area (Å²) in [4.78, 5) is 11.2. The van der Waals surface area contributed by atoms with Crippen LogP contribution in [-0.2, 0) is 9.53 Å². The number of ether oxygens (including phenoxy) is 1. The van der Waals surface area contributed by atoms with E-state index in [4.69, 9.17) is 5.73 Å². The van der Waals surface area contributed by atoms with Crippen molar-refractivity contribution in [1.29, 1.82) is 0 Å². The average molecular weight is 241 g/mol. The largest absolute Gasteiger partial charge is 0.469 e. The molecule has 0 aromatic carbocycles. The number of unbranched alkanes of at least 4 members (excludes halogenated alkanes) is 2. The van der Waals surface area contributed by atoms with Gasteiger partial charge in [0.25, 0.3) is 0 Å². The van der Waals surface area contributed by atoms with Crippen molar-refractivity contribution < 1.29 is 22.7 Å². The molecule has 0 rings (SSSR count). The van der Waals surface area contributed by atoms with Gasteiger partial charge in [-0.15, -0.1) is 0 Å². The Labute approximate surface area is 93.1 Å². The molecule has 0 bridgehead atoms. The number of esters is 1. The maximum absolute atomic E-state index is 12.4. The molecule has 0 aliphatic heterocycles. The van der Waals surface area contributed by atoms with Crippen LogP contribution in [0.25, 0.3) is 0 Å². The second-order valence-electron chi connectivity index (χ2n) is 3.69. The highest BCUT2D eigenvalue weighted by atomic mass is 19.4. The van der Waals surface area contributed by atoms with Crippen molar-refractivity contribution in [2.75, 3.05) is 7.11 Å². The highest BCUT2D eigenvalue weighted by Crippen LogP contribution is 2.27. The summed E-state index contributed by atoms with van der Waals surface area (Å²) >= 11 is 0. The van der Waals surface area contributed by atoms with Gasteiger partial charge in [0.1, 0.15) is 6.04 Å². The van der Waals surface area contributed by atoms with Gasteiger partial charge in [0.2, 0.25) is 0 Å². The van der Waals surface area contributed by atoms with Crippen molar-refractivity contribution in [3.8, 4) is 0 Å². The predicted molar refractivity (Wildman–Crippen MR) is 53.7 cm³/mol. The van der Waals surface area contributed by atoms with Crippen molar-refractivity contribution >= 4 is 5.97 Å². The minimum absolute atomic E-state index is 0.112. The topological polar surface area (TPSA) is 52.3 Å². The van der Waals surface area contributed by atoms with Crippen LogP contribution < -0.4 is 5.73 Å². The zero-order valence-corrected chi connectivity index (χ0v) is 9.51. The quantitative estimate of drug-likeness (QED) is 0.573. The maximum Gasteiger partial charge on any atom is 0.404 e. The van der Waals surface area contributed by atoms with Gasteiger partial charge in [-0.05, 0) is 6.42 Å².